The van der Waals surface area contributed by atoms with Gasteiger partial charge in [-0.3, -0.25) is 14.4 Å². The van der Waals surface area contributed by atoms with E-state index in [9.17, 15) is 34.5 Å². The Morgan fingerprint density at radius 3 is 1.97 bits per heavy atom. The van der Waals surface area contributed by atoms with Crippen LogP contribution in [-0.2, 0) is 25.6 Å². The lowest BCUT2D eigenvalue weighted by molar-refractivity contribution is -0.142. The van der Waals surface area contributed by atoms with Crippen LogP contribution in [-0.4, -0.2) is 81.9 Å². The van der Waals surface area contributed by atoms with E-state index in [2.05, 4.69) is 16.0 Å². The lowest BCUT2D eigenvalue weighted by atomic mass is 10.0. The molecule has 0 saturated carbocycles. The third-order valence-corrected chi connectivity index (χ3v) is 5.36. The van der Waals surface area contributed by atoms with Crippen molar-refractivity contribution < 1.29 is 34.5 Å². The fourth-order valence-corrected chi connectivity index (χ4v) is 3.22. The van der Waals surface area contributed by atoms with E-state index in [0.29, 0.717) is 24.9 Å². The number of aliphatic carboxylic acids is 1. The van der Waals surface area contributed by atoms with Crippen molar-refractivity contribution in [3.63, 3.8) is 0 Å². The van der Waals surface area contributed by atoms with Gasteiger partial charge in [0.05, 0.1) is 12.2 Å². The Labute approximate surface area is 204 Å². The van der Waals surface area contributed by atoms with Gasteiger partial charge in [-0.05, 0) is 45.2 Å². The van der Waals surface area contributed by atoms with Crippen LogP contribution < -0.4 is 27.4 Å². The highest BCUT2D eigenvalue weighted by Crippen LogP contribution is 2.07. The number of carboxylic acid groups (broad SMARTS) is 1. The summed E-state index contributed by atoms with van der Waals surface area (Å²) in [5.41, 5.74) is 11.8. The minimum absolute atomic E-state index is 0.0367. The van der Waals surface area contributed by atoms with Crippen molar-refractivity contribution >= 4 is 23.7 Å². The minimum Gasteiger partial charge on any atom is -0.480 e. The zero-order valence-electron chi connectivity index (χ0n) is 20.0. The highest BCUT2D eigenvalue weighted by molar-refractivity contribution is 5.94. The highest BCUT2D eigenvalue weighted by Gasteiger charge is 2.33. The van der Waals surface area contributed by atoms with E-state index >= 15 is 0 Å². The van der Waals surface area contributed by atoms with E-state index in [1.54, 1.807) is 30.3 Å². The van der Waals surface area contributed by atoms with Crippen LogP contribution in [0, 0.1) is 0 Å². The summed E-state index contributed by atoms with van der Waals surface area (Å²) in [4.78, 5) is 49.8. The van der Waals surface area contributed by atoms with E-state index in [1.165, 1.54) is 13.8 Å². The molecule has 10 N–H and O–H groups in total. The van der Waals surface area contributed by atoms with Crippen LogP contribution in [0.15, 0.2) is 30.3 Å². The zero-order valence-corrected chi connectivity index (χ0v) is 20.0. The van der Waals surface area contributed by atoms with Gasteiger partial charge in [0.1, 0.15) is 24.2 Å². The van der Waals surface area contributed by atoms with Gasteiger partial charge in [-0.15, -0.1) is 0 Å². The van der Waals surface area contributed by atoms with E-state index in [0.717, 1.165) is 0 Å². The molecule has 12 nitrogen and oxygen atoms in total. The lowest BCUT2D eigenvalue weighted by Gasteiger charge is -2.27. The number of aliphatic hydroxyl groups is 2. The van der Waals surface area contributed by atoms with E-state index in [1.807, 2.05) is 0 Å². The monoisotopic (exact) mass is 495 g/mol. The molecule has 0 aliphatic heterocycles. The van der Waals surface area contributed by atoms with Gasteiger partial charge in [0, 0.05) is 6.42 Å². The Morgan fingerprint density at radius 1 is 0.857 bits per heavy atom. The fraction of sp³-hybridized carbons (Fsp3) is 0.565. The molecule has 12 heteroatoms. The highest BCUT2D eigenvalue weighted by atomic mass is 16.4. The first-order valence-corrected chi connectivity index (χ1v) is 11.5. The second-order valence-electron chi connectivity index (χ2n) is 8.43. The number of carbonyl (C=O) groups is 4. The number of unbranched alkanes of at least 4 members (excludes halogenated alkanes) is 1. The molecule has 1 aromatic carbocycles. The van der Waals surface area contributed by atoms with Crippen molar-refractivity contribution in [3.05, 3.63) is 35.9 Å². The Morgan fingerprint density at radius 2 is 1.46 bits per heavy atom. The summed E-state index contributed by atoms with van der Waals surface area (Å²) in [5, 5.41) is 36.3. The van der Waals surface area contributed by atoms with Crippen molar-refractivity contribution in [2.45, 2.75) is 75.9 Å². The molecular weight excluding hydrogens is 458 g/mol. The second kappa shape index (κ2) is 15.0. The number of carbonyl (C=O) groups excluding carboxylic acids is 3. The van der Waals surface area contributed by atoms with Crippen LogP contribution in [0.4, 0.5) is 0 Å². The average Bonchev–Trinajstić information content (AvgIpc) is 2.80. The van der Waals surface area contributed by atoms with Gasteiger partial charge in [-0.1, -0.05) is 30.3 Å². The molecule has 0 aliphatic rings. The van der Waals surface area contributed by atoms with E-state index in [4.69, 9.17) is 11.5 Å². The first kappa shape index (κ1) is 30.0. The molecule has 1 rings (SSSR count). The molecule has 6 atom stereocenters. The number of benzene rings is 1. The molecule has 196 valence electrons. The molecule has 0 saturated heterocycles. The van der Waals surface area contributed by atoms with Gasteiger partial charge in [0.2, 0.25) is 17.7 Å². The van der Waals surface area contributed by atoms with Gasteiger partial charge < -0.3 is 42.7 Å². The van der Waals surface area contributed by atoms with Gasteiger partial charge in [0.15, 0.2) is 0 Å². The second-order valence-corrected chi connectivity index (χ2v) is 8.43. The van der Waals surface area contributed by atoms with Crippen LogP contribution in [0.25, 0.3) is 0 Å². The zero-order chi connectivity index (χ0) is 26.5. The van der Waals surface area contributed by atoms with Crippen molar-refractivity contribution in [1.82, 2.24) is 16.0 Å². The SMILES string of the molecule is CC(O)C(N)C(=O)NC(C(=O)NC(CCCCN)C(=O)NC(Cc1ccccc1)C(=O)O)C(C)O. The number of hydrogen-bond donors (Lipinski definition) is 8. The lowest BCUT2D eigenvalue weighted by Crippen LogP contribution is -2.60. The van der Waals surface area contributed by atoms with Gasteiger partial charge in [0.25, 0.3) is 0 Å². The summed E-state index contributed by atoms with van der Waals surface area (Å²) in [6, 6.07) is 3.57. The third kappa shape index (κ3) is 10.4. The maximum Gasteiger partial charge on any atom is 0.326 e. The summed E-state index contributed by atoms with van der Waals surface area (Å²) in [7, 11) is 0. The molecule has 6 unspecified atom stereocenters. The molecule has 0 aromatic heterocycles. The summed E-state index contributed by atoms with van der Waals surface area (Å²) in [6.45, 7) is 2.92. The number of hydrogen-bond acceptors (Lipinski definition) is 8. The maximum absolute atomic E-state index is 13.0. The third-order valence-electron chi connectivity index (χ3n) is 5.36. The summed E-state index contributed by atoms with van der Waals surface area (Å²) in [6.07, 6.45) is -1.33. The Kier molecular flexibility index (Phi) is 12.9. The Hall–Kier alpha value is -3.06. The molecule has 0 radical (unpaired) electrons. The number of aliphatic hydroxyl groups excluding tert-OH is 2. The Bertz CT molecular complexity index is 835. The van der Waals surface area contributed by atoms with Crippen LogP contribution in [0.1, 0.15) is 38.7 Å². The van der Waals surface area contributed by atoms with Crippen molar-refractivity contribution in [2.75, 3.05) is 6.54 Å². The topological polar surface area (TPSA) is 217 Å². The molecule has 0 heterocycles. The smallest absolute Gasteiger partial charge is 0.326 e. The molecule has 0 bridgehead atoms. The summed E-state index contributed by atoms with van der Waals surface area (Å²) in [5.74, 6) is -3.70. The number of nitrogens with one attached hydrogen (secondary N) is 3. The van der Waals surface area contributed by atoms with Crippen molar-refractivity contribution in [1.29, 1.82) is 0 Å². The van der Waals surface area contributed by atoms with Gasteiger partial charge in [-0.25, -0.2) is 4.79 Å². The van der Waals surface area contributed by atoms with Crippen LogP contribution in [0.2, 0.25) is 0 Å². The fourth-order valence-electron chi connectivity index (χ4n) is 3.22. The normalized spacial score (nSPS) is 16.2. The van der Waals surface area contributed by atoms with Crippen LogP contribution in [0.5, 0.6) is 0 Å². The molecule has 3 amide bonds. The predicted molar refractivity (Wildman–Crippen MR) is 128 cm³/mol. The molecule has 0 spiro atoms. The number of rotatable bonds is 15. The maximum atomic E-state index is 13.0. The quantitative estimate of drug-likeness (QED) is 0.126. The van der Waals surface area contributed by atoms with Crippen molar-refractivity contribution in [2.24, 2.45) is 11.5 Å². The number of nitrogens with two attached hydrogens (primary N) is 2. The summed E-state index contributed by atoms with van der Waals surface area (Å²) < 4.78 is 0. The van der Waals surface area contributed by atoms with E-state index in [-0.39, 0.29) is 12.8 Å². The largest absolute Gasteiger partial charge is 0.480 e. The predicted octanol–water partition coefficient (Wildman–Crippen LogP) is -2.01. The van der Waals surface area contributed by atoms with Gasteiger partial charge in [-0.2, -0.15) is 0 Å². The number of carboxylic acids is 1. The molecule has 1 aromatic rings. The van der Waals surface area contributed by atoms with Crippen molar-refractivity contribution in [3.8, 4) is 0 Å². The standard InChI is InChI=1S/C23H37N5O7/c1-13(29)18(25)21(32)28-19(14(2)30)22(33)26-16(10-6-7-11-24)20(31)27-17(23(34)35)12-15-8-4-3-5-9-15/h3-5,8-9,13-14,16-19,29-30H,6-7,10-12,24-25H2,1-2H3,(H,26,33)(H,27,31)(H,28,32)(H,34,35). The molecular formula is C23H37N5O7. The number of amides is 3. The first-order chi connectivity index (χ1) is 16.5. The average molecular weight is 496 g/mol. The minimum atomic E-state index is -1.46. The van der Waals surface area contributed by atoms with E-state index < -0.39 is 60.1 Å². The molecule has 35 heavy (non-hydrogen) atoms. The van der Waals surface area contributed by atoms with Crippen LogP contribution in [0.3, 0.4) is 0 Å². The summed E-state index contributed by atoms with van der Waals surface area (Å²) >= 11 is 0. The Balaban J connectivity index is 2.98. The van der Waals surface area contributed by atoms with Crippen LogP contribution >= 0.6 is 0 Å². The molecule has 0 aliphatic carbocycles. The first-order valence-electron chi connectivity index (χ1n) is 11.5. The molecule has 0 fully saturated rings. The van der Waals surface area contributed by atoms with Gasteiger partial charge >= 0.3 is 5.97 Å².